The third-order valence-electron chi connectivity index (χ3n) is 3.63. The Kier molecular flexibility index (Phi) is 7.53. The van der Waals surface area contributed by atoms with E-state index in [0.717, 1.165) is 30.3 Å². The highest BCUT2D eigenvalue weighted by Gasteiger charge is 2.08. The molecule has 0 saturated heterocycles. The molecule has 0 saturated carbocycles. The zero-order valence-corrected chi connectivity index (χ0v) is 12.1. The highest BCUT2D eigenvalue weighted by atomic mass is 16.5. The van der Waals surface area contributed by atoms with E-state index < -0.39 is 6.10 Å². The van der Waals surface area contributed by atoms with E-state index in [1.807, 2.05) is 24.3 Å². The average Bonchev–Trinajstić information content (AvgIpc) is 2.44. The predicted octanol–water partition coefficient (Wildman–Crippen LogP) is 3.27. The molecule has 0 aliphatic rings. The second-order valence-corrected chi connectivity index (χ2v) is 4.99. The minimum absolute atomic E-state index is 0.487. The number of hydrogen-bond donors (Lipinski definition) is 2. The first-order chi connectivity index (χ1) is 9.21. The van der Waals surface area contributed by atoms with Gasteiger partial charge in [-0.3, -0.25) is 0 Å². The minimum atomic E-state index is -0.493. The van der Waals surface area contributed by atoms with Crippen molar-refractivity contribution in [1.29, 1.82) is 0 Å². The summed E-state index contributed by atoms with van der Waals surface area (Å²) in [7, 11) is 0. The van der Waals surface area contributed by atoms with Crippen LogP contribution in [0.5, 0.6) is 5.75 Å². The van der Waals surface area contributed by atoms with Crippen LogP contribution in [0.3, 0.4) is 0 Å². The summed E-state index contributed by atoms with van der Waals surface area (Å²) < 4.78 is 5.77. The van der Waals surface area contributed by atoms with Crippen molar-refractivity contribution in [1.82, 2.24) is 0 Å². The van der Waals surface area contributed by atoms with Gasteiger partial charge in [0.2, 0.25) is 0 Å². The number of hydrogen-bond acceptors (Lipinski definition) is 3. The van der Waals surface area contributed by atoms with Gasteiger partial charge in [0.1, 0.15) is 5.75 Å². The smallest absolute Gasteiger partial charge is 0.119 e. The second-order valence-electron chi connectivity index (χ2n) is 4.99. The molecule has 0 bridgehead atoms. The predicted molar refractivity (Wildman–Crippen MR) is 79.3 cm³/mol. The third kappa shape index (κ3) is 5.62. The van der Waals surface area contributed by atoms with Crippen LogP contribution in [0.15, 0.2) is 24.3 Å². The summed E-state index contributed by atoms with van der Waals surface area (Å²) in [6.07, 6.45) is 3.58. The maximum atomic E-state index is 9.90. The van der Waals surface area contributed by atoms with Crippen LogP contribution in [0.1, 0.15) is 51.2 Å². The zero-order chi connectivity index (χ0) is 14.1. The number of rotatable bonds is 9. The van der Waals surface area contributed by atoms with Gasteiger partial charge in [0.05, 0.1) is 12.7 Å². The van der Waals surface area contributed by atoms with Gasteiger partial charge in [0.25, 0.3) is 0 Å². The fourth-order valence-corrected chi connectivity index (χ4v) is 2.18. The molecule has 0 aromatic heterocycles. The Labute approximate surface area is 116 Å². The number of ether oxygens (including phenoxy) is 1. The Hall–Kier alpha value is -1.06. The van der Waals surface area contributed by atoms with Crippen molar-refractivity contribution < 1.29 is 9.84 Å². The van der Waals surface area contributed by atoms with Gasteiger partial charge < -0.3 is 15.6 Å². The Morgan fingerprint density at radius 1 is 1.21 bits per heavy atom. The molecule has 0 aliphatic carbocycles. The highest BCUT2D eigenvalue weighted by molar-refractivity contribution is 5.29. The van der Waals surface area contributed by atoms with Crippen LogP contribution in [0, 0.1) is 5.92 Å². The molecule has 0 radical (unpaired) electrons. The molecule has 3 nitrogen and oxygen atoms in total. The Morgan fingerprint density at radius 2 is 1.95 bits per heavy atom. The molecule has 1 aromatic carbocycles. The van der Waals surface area contributed by atoms with E-state index in [-0.39, 0.29) is 0 Å². The van der Waals surface area contributed by atoms with E-state index in [4.69, 9.17) is 10.5 Å². The summed E-state index contributed by atoms with van der Waals surface area (Å²) in [4.78, 5) is 0. The van der Waals surface area contributed by atoms with Crippen molar-refractivity contribution in [2.75, 3.05) is 13.2 Å². The van der Waals surface area contributed by atoms with Crippen LogP contribution in [0.25, 0.3) is 0 Å². The summed E-state index contributed by atoms with van der Waals surface area (Å²) in [5.74, 6) is 1.57. The Bertz CT molecular complexity index is 350. The lowest BCUT2D eigenvalue weighted by Crippen LogP contribution is -2.08. The average molecular weight is 265 g/mol. The number of aliphatic hydroxyl groups excluding tert-OH is 1. The van der Waals surface area contributed by atoms with Gasteiger partial charge in [-0.2, -0.15) is 0 Å². The van der Waals surface area contributed by atoms with Crippen molar-refractivity contribution in [2.24, 2.45) is 11.7 Å². The van der Waals surface area contributed by atoms with Crippen LogP contribution in [-0.4, -0.2) is 18.3 Å². The SMILES string of the molecule is CCC(CC)CCOc1cccc(C(O)CCN)c1. The molecule has 0 aliphatic heterocycles. The molecule has 1 unspecified atom stereocenters. The van der Waals surface area contributed by atoms with Crippen molar-refractivity contribution in [3.63, 3.8) is 0 Å². The van der Waals surface area contributed by atoms with Gasteiger partial charge in [0.15, 0.2) is 0 Å². The van der Waals surface area contributed by atoms with Crippen LogP contribution in [-0.2, 0) is 0 Å². The van der Waals surface area contributed by atoms with Gasteiger partial charge in [-0.05, 0) is 43.0 Å². The van der Waals surface area contributed by atoms with Crippen LogP contribution < -0.4 is 10.5 Å². The van der Waals surface area contributed by atoms with Crippen LogP contribution >= 0.6 is 0 Å². The van der Waals surface area contributed by atoms with E-state index in [2.05, 4.69) is 13.8 Å². The van der Waals surface area contributed by atoms with E-state index in [0.29, 0.717) is 13.0 Å². The topological polar surface area (TPSA) is 55.5 Å². The largest absolute Gasteiger partial charge is 0.494 e. The number of nitrogens with two attached hydrogens (primary N) is 1. The summed E-state index contributed by atoms with van der Waals surface area (Å²) >= 11 is 0. The van der Waals surface area contributed by atoms with Gasteiger partial charge in [-0.1, -0.05) is 38.8 Å². The first-order valence-electron chi connectivity index (χ1n) is 7.32. The third-order valence-corrected chi connectivity index (χ3v) is 3.63. The quantitative estimate of drug-likeness (QED) is 0.720. The van der Waals surface area contributed by atoms with Crippen molar-refractivity contribution >= 4 is 0 Å². The lowest BCUT2D eigenvalue weighted by Gasteiger charge is -2.14. The molecule has 108 valence electrons. The molecule has 0 amide bonds. The molecule has 0 heterocycles. The summed E-state index contributed by atoms with van der Waals surface area (Å²) in [6, 6.07) is 7.67. The first kappa shape index (κ1) is 16.0. The van der Waals surface area contributed by atoms with Crippen molar-refractivity contribution in [2.45, 2.75) is 45.6 Å². The van der Waals surface area contributed by atoms with Crippen LogP contribution in [0.4, 0.5) is 0 Å². The molecule has 19 heavy (non-hydrogen) atoms. The molecule has 3 heteroatoms. The molecule has 3 N–H and O–H groups in total. The monoisotopic (exact) mass is 265 g/mol. The fraction of sp³-hybridized carbons (Fsp3) is 0.625. The van der Waals surface area contributed by atoms with E-state index in [1.165, 1.54) is 12.8 Å². The Morgan fingerprint density at radius 3 is 2.58 bits per heavy atom. The van der Waals surface area contributed by atoms with Crippen molar-refractivity contribution in [3.8, 4) is 5.75 Å². The second kappa shape index (κ2) is 8.94. The number of aliphatic hydroxyl groups is 1. The van der Waals surface area contributed by atoms with Gasteiger partial charge >= 0.3 is 0 Å². The molecule has 0 spiro atoms. The maximum Gasteiger partial charge on any atom is 0.119 e. The first-order valence-corrected chi connectivity index (χ1v) is 7.32. The molecule has 0 fully saturated rings. The zero-order valence-electron chi connectivity index (χ0n) is 12.1. The lowest BCUT2D eigenvalue weighted by atomic mass is 10.0. The minimum Gasteiger partial charge on any atom is -0.494 e. The van der Waals surface area contributed by atoms with Gasteiger partial charge in [-0.15, -0.1) is 0 Å². The summed E-state index contributed by atoms with van der Waals surface area (Å²) in [5.41, 5.74) is 6.34. The standard InChI is InChI=1S/C16H27NO2/c1-3-13(4-2)9-11-19-15-7-5-6-14(12-15)16(18)8-10-17/h5-7,12-13,16,18H,3-4,8-11,17H2,1-2H3. The van der Waals surface area contributed by atoms with E-state index >= 15 is 0 Å². The maximum absolute atomic E-state index is 9.90. The lowest BCUT2D eigenvalue weighted by molar-refractivity contribution is 0.169. The molecule has 1 rings (SSSR count). The molecular weight excluding hydrogens is 238 g/mol. The fourth-order valence-electron chi connectivity index (χ4n) is 2.18. The molecular formula is C16H27NO2. The molecule has 1 aromatic rings. The van der Waals surface area contributed by atoms with E-state index in [1.54, 1.807) is 0 Å². The van der Waals surface area contributed by atoms with E-state index in [9.17, 15) is 5.11 Å². The van der Waals surface area contributed by atoms with Gasteiger partial charge in [-0.25, -0.2) is 0 Å². The molecule has 1 atom stereocenters. The highest BCUT2D eigenvalue weighted by Crippen LogP contribution is 2.22. The number of benzene rings is 1. The van der Waals surface area contributed by atoms with Crippen molar-refractivity contribution in [3.05, 3.63) is 29.8 Å². The van der Waals surface area contributed by atoms with Gasteiger partial charge in [0, 0.05) is 0 Å². The van der Waals surface area contributed by atoms with Crippen LogP contribution in [0.2, 0.25) is 0 Å². The normalized spacial score (nSPS) is 12.7. The summed E-state index contributed by atoms with van der Waals surface area (Å²) in [5, 5.41) is 9.90. The Balaban J connectivity index is 2.48. The summed E-state index contributed by atoms with van der Waals surface area (Å²) in [6.45, 7) is 5.67.